The zero-order valence-electron chi connectivity index (χ0n) is 15.5. The second-order valence-electron chi connectivity index (χ2n) is 6.33. The summed E-state index contributed by atoms with van der Waals surface area (Å²) in [5.41, 5.74) is -0.941. The summed E-state index contributed by atoms with van der Waals surface area (Å²) in [7, 11) is 1.56. The van der Waals surface area contributed by atoms with Crippen LogP contribution in [0, 0.1) is 20.2 Å². The Morgan fingerprint density at radius 2 is 1.66 bits per heavy atom. The number of ether oxygens (including phenoxy) is 1. The number of benzene rings is 2. The molecule has 2 aromatic rings. The standard InChI is InChI=1S/C18H18N4O7/c1-29-16-5-3-2-4-14(16)19-6-8-20(9-7-19)17-13(18(23)24)10-12(21(25)26)11-15(17)22(27)28/h2-5,10-11H,6-9H2,1H3,(H,23,24). The maximum Gasteiger partial charge on any atom is 0.338 e. The summed E-state index contributed by atoms with van der Waals surface area (Å²) in [6.07, 6.45) is 0. The Morgan fingerprint density at radius 3 is 2.21 bits per heavy atom. The molecule has 0 unspecified atom stereocenters. The zero-order valence-corrected chi connectivity index (χ0v) is 15.5. The molecule has 29 heavy (non-hydrogen) atoms. The van der Waals surface area contributed by atoms with Crippen molar-refractivity contribution in [2.75, 3.05) is 43.1 Å². The van der Waals surface area contributed by atoms with Gasteiger partial charge in [-0.2, -0.15) is 0 Å². The first-order chi connectivity index (χ1) is 13.8. The molecule has 1 fully saturated rings. The van der Waals surface area contributed by atoms with Crippen LogP contribution in [0.3, 0.4) is 0 Å². The van der Waals surface area contributed by atoms with Crippen molar-refractivity contribution in [3.63, 3.8) is 0 Å². The molecule has 1 saturated heterocycles. The number of para-hydroxylation sites is 2. The molecule has 0 aromatic heterocycles. The third-order valence-corrected chi connectivity index (χ3v) is 4.73. The van der Waals surface area contributed by atoms with Gasteiger partial charge in [0.1, 0.15) is 11.4 Å². The Bertz CT molecular complexity index is 935. The average Bonchev–Trinajstić information content (AvgIpc) is 2.72. The van der Waals surface area contributed by atoms with E-state index in [1.165, 1.54) is 0 Å². The zero-order chi connectivity index (χ0) is 21.1. The van der Waals surface area contributed by atoms with Crippen molar-refractivity contribution >= 4 is 28.7 Å². The molecule has 0 spiro atoms. The Labute approximate surface area is 165 Å². The van der Waals surface area contributed by atoms with Crippen LogP contribution in [0.5, 0.6) is 5.75 Å². The Hall–Kier alpha value is -3.89. The minimum absolute atomic E-state index is 0.118. The van der Waals surface area contributed by atoms with Crippen LogP contribution in [0.15, 0.2) is 36.4 Å². The highest BCUT2D eigenvalue weighted by atomic mass is 16.6. The number of carboxylic acids is 1. The van der Waals surface area contributed by atoms with Crippen molar-refractivity contribution < 1.29 is 24.5 Å². The molecule has 1 heterocycles. The maximum atomic E-state index is 11.7. The maximum absolute atomic E-state index is 11.7. The third kappa shape index (κ3) is 3.88. The summed E-state index contributed by atoms with van der Waals surface area (Å²) in [5.74, 6) is -0.771. The molecular weight excluding hydrogens is 384 g/mol. The van der Waals surface area contributed by atoms with Crippen LogP contribution >= 0.6 is 0 Å². The van der Waals surface area contributed by atoms with Gasteiger partial charge in [-0.3, -0.25) is 20.2 Å². The summed E-state index contributed by atoms with van der Waals surface area (Å²) in [5, 5.41) is 32.1. The fraction of sp³-hybridized carbons (Fsp3) is 0.278. The van der Waals surface area contributed by atoms with Crippen LogP contribution in [0.1, 0.15) is 10.4 Å². The van der Waals surface area contributed by atoms with Gasteiger partial charge in [-0.05, 0) is 12.1 Å². The molecule has 0 radical (unpaired) electrons. The van der Waals surface area contributed by atoms with Gasteiger partial charge < -0.3 is 19.6 Å². The Balaban J connectivity index is 1.95. The lowest BCUT2D eigenvalue weighted by atomic mass is 10.1. The molecule has 11 nitrogen and oxygen atoms in total. The van der Waals surface area contributed by atoms with Crippen LogP contribution in [0.2, 0.25) is 0 Å². The van der Waals surface area contributed by atoms with Crippen LogP contribution in [-0.2, 0) is 0 Å². The lowest BCUT2D eigenvalue weighted by Crippen LogP contribution is -2.47. The highest BCUT2D eigenvalue weighted by molar-refractivity contribution is 5.98. The highest BCUT2D eigenvalue weighted by Crippen LogP contribution is 2.37. The van der Waals surface area contributed by atoms with E-state index in [0.29, 0.717) is 31.9 Å². The number of carbonyl (C=O) groups is 1. The smallest absolute Gasteiger partial charge is 0.338 e. The largest absolute Gasteiger partial charge is 0.495 e. The Morgan fingerprint density at radius 1 is 1.03 bits per heavy atom. The number of hydrogen-bond acceptors (Lipinski definition) is 8. The molecule has 152 valence electrons. The number of aromatic carboxylic acids is 1. The monoisotopic (exact) mass is 402 g/mol. The number of piperazine rings is 1. The number of carboxylic acid groups (broad SMARTS) is 1. The van der Waals surface area contributed by atoms with Crippen LogP contribution < -0.4 is 14.5 Å². The molecule has 2 aromatic carbocycles. The van der Waals surface area contributed by atoms with Crippen molar-refractivity contribution in [3.05, 3.63) is 62.2 Å². The van der Waals surface area contributed by atoms with Gasteiger partial charge in [0, 0.05) is 32.2 Å². The molecule has 3 rings (SSSR count). The van der Waals surface area contributed by atoms with Crippen molar-refractivity contribution in [3.8, 4) is 5.75 Å². The number of anilines is 2. The van der Waals surface area contributed by atoms with Crippen molar-refractivity contribution in [2.24, 2.45) is 0 Å². The highest BCUT2D eigenvalue weighted by Gasteiger charge is 2.32. The second kappa shape index (κ2) is 8.00. The lowest BCUT2D eigenvalue weighted by molar-refractivity contribution is -0.393. The number of methoxy groups -OCH3 is 1. The molecule has 0 amide bonds. The summed E-state index contributed by atoms with van der Waals surface area (Å²) in [6, 6.07) is 9.09. The van der Waals surface area contributed by atoms with Crippen molar-refractivity contribution in [1.82, 2.24) is 0 Å². The summed E-state index contributed by atoms with van der Waals surface area (Å²) in [6.45, 7) is 1.54. The SMILES string of the molecule is COc1ccccc1N1CCN(c2c(C(=O)O)cc([N+](=O)[O-])cc2[N+](=O)[O-])CC1. The van der Waals surface area contributed by atoms with E-state index in [4.69, 9.17) is 4.74 Å². The Kier molecular flexibility index (Phi) is 5.48. The van der Waals surface area contributed by atoms with Crippen LogP contribution in [-0.4, -0.2) is 54.2 Å². The van der Waals surface area contributed by atoms with Gasteiger partial charge in [-0.1, -0.05) is 12.1 Å². The number of nitro benzene ring substituents is 2. The number of hydrogen-bond donors (Lipinski definition) is 1. The summed E-state index contributed by atoms with van der Waals surface area (Å²) >= 11 is 0. The van der Waals surface area contributed by atoms with Crippen molar-refractivity contribution in [1.29, 1.82) is 0 Å². The average molecular weight is 402 g/mol. The van der Waals surface area contributed by atoms with E-state index in [9.17, 15) is 30.1 Å². The lowest BCUT2D eigenvalue weighted by Gasteiger charge is -2.37. The quantitative estimate of drug-likeness (QED) is 0.570. The number of rotatable bonds is 6. The molecule has 1 aliphatic heterocycles. The van der Waals surface area contributed by atoms with Gasteiger partial charge in [0.15, 0.2) is 0 Å². The molecule has 1 N–H and O–H groups in total. The van der Waals surface area contributed by atoms with Gasteiger partial charge in [-0.15, -0.1) is 0 Å². The van der Waals surface area contributed by atoms with Gasteiger partial charge in [0.25, 0.3) is 11.4 Å². The van der Waals surface area contributed by atoms with Crippen LogP contribution in [0.4, 0.5) is 22.7 Å². The molecule has 0 bridgehead atoms. The minimum atomic E-state index is -1.46. The van der Waals surface area contributed by atoms with E-state index < -0.39 is 32.8 Å². The molecule has 11 heteroatoms. The topological polar surface area (TPSA) is 139 Å². The molecule has 0 saturated carbocycles. The minimum Gasteiger partial charge on any atom is -0.495 e. The van der Waals surface area contributed by atoms with Gasteiger partial charge >= 0.3 is 5.97 Å². The van der Waals surface area contributed by atoms with Crippen LogP contribution in [0.25, 0.3) is 0 Å². The van der Waals surface area contributed by atoms with E-state index in [2.05, 4.69) is 0 Å². The number of nitrogens with zero attached hydrogens (tertiary/aromatic N) is 4. The van der Waals surface area contributed by atoms with E-state index in [1.54, 1.807) is 12.0 Å². The van der Waals surface area contributed by atoms with E-state index in [0.717, 1.165) is 17.8 Å². The molecule has 0 aliphatic carbocycles. The fourth-order valence-electron chi connectivity index (χ4n) is 3.41. The first kappa shape index (κ1) is 19.9. The third-order valence-electron chi connectivity index (χ3n) is 4.73. The van der Waals surface area contributed by atoms with Gasteiger partial charge in [0.05, 0.1) is 34.3 Å². The van der Waals surface area contributed by atoms with E-state index >= 15 is 0 Å². The van der Waals surface area contributed by atoms with E-state index in [-0.39, 0.29) is 5.69 Å². The van der Waals surface area contributed by atoms with Crippen molar-refractivity contribution in [2.45, 2.75) is 0 Å². The first-order valence-corrected chi connectivity index (χ1v) is 8.66. The van der Waals surface area contributed by atoms with E-state index in [1.807, 2.05) is 29.2 Å². The number of non-ortho nitro benzene ring substituents is 1. The summed E-state index contributed by atoms with van der Waals surface area (Å²) < 4.78 is 5.36. The number of nitro groups is 2. The van der Waals surface area contributed by atoms with Gasteiger partial charge in [0.2, 0.25) is 0 Å². The molecular formula is C18H18N4O7. The normalized spacial score (nSPS) is 13.8. The first-order valence-electron chi connectivity index (χ1n) is 8.66. The predicted molar refractivity (Wildman–Crippen MR) is 104 cm³/mol. The molecule has 0 atom stereocenters. The van der Waals surface area contributed by atoms with Gasteiger partial charge in [-0.25, -0.2) is 4.79 Å². The fourth-order valence-corrected chi connectivity index (χ4v) is 3.41. The second-order valence-corrected chi connectivity index (χ2v) is 6.33. The molecule has 1 aliphatic rings. The predicted octanol–water partition coefficient (Wildman–Crippen LogP) is 2.54. The summed E-state index contributed by atoms with van der Waals surface area (Å²) in [4.78, 5) is 36.2.